The smallest absolute Gasteiger partial charge is 0.495 e. The first-order chi connectivity index (χ1) is 16.0. The fraction of sp³-hybridized carbons (Fsp3) is 0.500. The van der Waals surface area contributed by atoms with E-state index in [1.807, 2.05) is 67.5 Å². The summed E-state index contributed by atoms with van der Waals surface area (Å²) < 4.78 is 43.3. The number of hydrogen-bond donors (Lipinski definition) is 1. The largest absolute Gasteiger partial charge is 0.495 e. The number of aryl methyl sites for hydroxylation is 1. The minimum Gasteiger partial charge on any atom is -0.495 e. The molecule has 1 heterocycles. The van der Waals surface area contributed by atoms with Gasteiger partial charge in [0, 0.05) is 11.3 Å². The first kappa shape index (κ1) is 27.2. The van der Waals surface area contributed by atoms with E-state index in [0.29, 0.717) is 11.3 Å². The molecule has 0 saturated carbocycles. The number of amides is 1. The molecule has 9 heteroatoms. The lowest BCUT2D eigenvalue weighted by Gasteiger charge is -2.32. The van der Waals surface area contributed by atoms with Crippen LogP contribution in [0, 0.1) is 12.3 Å². The number of hydrogen-bond acceptors (Lipinski definition) is 6. The molecule has 1 amide bonds. The standard InChI is InChI=1S/C26H36BNO6S/c1-17-14-19(11-12-20(17)27-33-25(5,6)26(7,8)34-27)28-23(29)18-10-13-22(21(15-18)32-9)35(30,31)16-24(2,3)4/h10-15H,16H2,1-9H3,(H,28,29). The second kappa shape index (κ2) is 9.26. The second-order valence-corrected chi connectivity index (χ2v) is 13.3. The van der Waals surface area contributed by atoms with Crippen molar-refractivity contribution >= 4 is 34.0 Å². The second-order valence-electron chi connectivity index (χ2n) is 11.3. The first-order valence-corrected chi connectivity index (χ1v) is 13.3. The minimum absolute atomic E-state index is 0.0314. The molecule has 0 atom stereocenters. The van der Waals surface area contributed by atoms with Crippen LogP contribution in [0.25, 0.3) is 0 Å². The lowest BCUT2D eigenvalue weighted by molar-refractivity contribution is 0.00578. The Morgan fingerprint density at radius 2 is 1.63 bits per heavy atom. The van der Waals surface area contributed by atoms with E-state index in [1.165, 1.54) is 25.3 Å². The molecule has 0 unspecified atom stereocenters. The number of nitrogens with one attached hydrogen (secondary N) is 1. The minimum atomic E-state index is -3.58. The summed E-state index contributed by atoms with van der Waals surface area (Å²) in [7, 11) is -2.67. The maximum absolute atomic E-state index is 12.9. The number of methoxy groups -OCH3 is 1. The molecular weight excluding hydrogens is 465 g/mol. The average Bonchev–Trinajstić information content (AvgIpc) is 2.92. The van der Waals surface area contributed by atoms with Crippen LogP contribution in [0.15, 0.2) is 41.3 Å². The molecule has 0 aliphatic carbocycles. The maximum Gasteiger partial charge on any atom is 0.495 e. The van der Waals surface area contributed by atoms with Gasteiger partial charge in [-0.1, -0.05) is 26.8 Å². The molecule has 3 rings (SSSR count). The van der Waals surface area contributed by atoms with Gasteiger partial charge >= 0.3 is 7.12 Å². The maximum atomic E-state index is 12.9. The van der Waals surface area contributed by atoms with Crippen molar-refractivity contribution in [2.24, 2.45) is 5.41 Å². The Morgan fingerprint density at radius 3 is 2.14 bits per heavy atom. The number of carbonyl (C=O) groups is 1. The highest BCUT2D eigenvalue weighted by molar-refractivity contribution is 7.91. The van der Waals surface area contributed by atoms with E-state index in [-0.39, 0.29) is 22.3 Å². The number of rotatable bonds is 6. The lowest BCUT2D eigenvalue weighted by atomic mass is 9.76. The summed E-state index contributed by atoms with van der Waals surface area (Å²) >= 11 is 0. The van der Waals surface area contributed by atoms with Gasteiger partial charge in [-0.2, -0.15) is 0 Å². The molecule has 190 valence electrons. The van der Waals surface area contributed by atoms with Gasteiger partial charge in [0.15, 0.2) is 9.84 Å². The van der Waals surface area contributed by atoms with Crippen LogP contribution in [0.4, 0.5) is 5.69 Å². The fourth-order valence-electron chi connectivity index (χ4n) is 3.90. The van der Waals surface area contributed by atoms with Crippen LogP contribution in [0.1, 0.15) is 64.4 Å². The van der Waals surface area contributed by atoms with Crippen molar-refractivity contribution in [2.75, 3.05) is 18.2 Å². The molecule has 35 heavy (non-hydrogen) atoms. The predicted molar refractivity (Wildman–Crippen MR) is 139 cm³/mol. The third-order valence-electron chi connectivity index (χ3n) is 6.42. The Kier molecular flexibility index (Phi) is 7.21. The molecule has 7 nitrogen and oxygen atoms in total. The number of ether oxygens (including phenoxy) is 1. The van der Waals surface area contributed by atoms with Crippen molar-refractivity contribution in [3.63, 3.8) is 0 Å². The zero-order valence-corrected chi connectivity index (χ0v) is 22.9. The van der Waals surface area contributed by atoms with E-state index in [0.717, 1.165) is 11.0 Å². The van der Waals surface area contributed by atoms with E-state index < -0.39 is 33.6 Å². The van der Waals surface area contributed by atoms with E-state index >= 15 is 0 Å². The van der Waals surface area contributed by atoms with E-state index in [1.54, 1.807) is 6.07 Å². The normalized spacial score (nSPS) is 17.3. The number of anilines is 1. The summed E-state index contributed by atoms with van der Waals surface area (Å²) in [5, 5.41) is 2.87. The molecule has 1 fully saturated rings. The Labute approximate surface area is 209 Å². The summed E-state index contributed by atoms with van der Waals surface area (Å²) in [6.07, 6.45) is 0. The molecule has 0 radical (unpaired) electrons. The van der Waals surface area contributed by atoms with Crippen LogP contribution in [0.5, 0.6) is 5.75 Å². The molecule has 0 spiro atoms. The Hall–Kier alpha value is -2.36. The van der Waals surface area contributed by atoms with Gasteiger partial charge in [0.2, 0.25) is 0 Å². The third kappa shape index (κ3) is 5.90. The summed E-state index contributed by atoms with van der Waals surface area (Å²) in [6, 6.07) is 9.93. The van der Waals surface area contributed by atoms with Gasteiger partial charge in [-0.05, 0) is 81.4 Å². The number of sulfone groups is 1. The summed E-state index contributed by atoms with van der Waals surface area (Å²) in [5.41, 5.74) is 1.43. The van der Waals surface area contributed by atoms with Gasteiger partial charge in [-0.25, -0.2) is 8.42 Å². The topological polar surface area (TPSA) is 90.9 Å². The van der Waals surface area contributed by atoms with Gasteiger partial charge in [-0.3, -0.25) is 4.79 Å². The van der Waals surface area contributed by atoms with Crippen molar-refractivity contribution in [3.05, 3.63) is 47.5 Å². The molecule has 1 N–H and O–H groups in total. The molecule has 1 aliphatic rings. The molecule has 2 aromatic carbocycles. The Balaban J connectivity index is 1.80. The van der Waals surface area contributed by atoms with Crippen LogP contribution in [0.2, 0.25) is 0 Å². The number of benzene rings is 2. The van der Waals surface area contributed by atoms with Gasteiger partial charge in [0.25, 0.3) is 5.91 Å². The zero-order chi connectivity index (χ0) is 26.4. The highest BCUT2D eigenvalue weighted by Crippen LogP contribution is 2.37. The zero-order valence-electron chi connectivity index (χ0n) is 22.1. The van der Waals surface area contributed by atoms with Crippen molar-refractivity contribution in [2.45, 2.75) is 71.5 Å². The van der Waals surface area contributed by atoms with Gasteiger partial charge in [0.05, 0.1) is 24.1 Å². The lowest BCUT2D eigenvalue weighted by Crippen LogP contribution is -2.41. The summed E-state index contributed by atoms with van der Waals surface area (Å²) in [4.78, 5) is 13.0. The molecule has 2 aromatic rings. The van der Waals surface area contributed by atoms with Crippen molar-refractivity contribution < 1.29 is 27.3 Å². The molecule has 0 aromatic heterocycles. The van der Waals surface area contributed by atoms with E-state index in [9.17, 15) is 13.2 Å². The Morgan fingerprint density at radius 1 is 1.03 bits per heavy atom. The Bertz CT molecular complexity index is 1210. The third-order valence-corrected chi connectivity index (χ3v) is 8.67. The summed E-state index contributed by atoms with van der Waals surface area (Å²) in [5.74, 6) is -0.254. The van der Waals surface area contributed by atoms with Crippen LogP contribution in [-0.4, -0.2) is 45.5 Å². The van der Waals surface area contributed by atoms with Crippen LogP contribution in [0.3, 0.4) is 0 Å². The van der Waals surface area contributed by atoms with Gasteiger partial charge in [-0.15, -0.1) is 0 Å². The van der Waals surface area contributed by atoms with Crippen LogP contribution >= 0.6 is 0 Å². The monoisotopic (exact) mass is 501 g/mol. The molecule has 0 bridgehead atoms. The average molecular weight is 501 g/mol. The fourth-order valence-corrected chi connectivity index (χ4v) is 5.92. The quantitative estimate of drug-likeness (QED) is 0.591. The van der Waals surface area contributed by atoms with E-state index in [4.69, 9.17) is 14.0 Å². The predicted octanol–water partition coefficient (Wildman–Crippen LogP) is 4.37. The van der Waals surface area contributed by atoms with Crippen molar-refractivity contribution in [3.8, 4) is 5.75 Å². The molecule has 1 aliphatic heterocycles. The highest BCUT2D eigenvalue weighted by atomic mass is 32.2. The van der Waals surface area contributed by atoms with Crippen molar-refractivity contribution in [1.82, 2.24) is 0 Å². The SMILES string of the molecule is COc1cc(C(=O)Nc2ccc(B3OC(C)(C)C(C)(C)O3)c(C)c2)ccc1S(=O)(=O)CC(C)(C)C. The van der Waals surface area contributed by atoms with Crippen LogP contribution in [-0.2, 0) is 19.1 Å². The molecular formula is C26H36BNO6S. The van der Waals surface area contributed by atoms with Crippen molar-refractivity contribution in [1.29, 1.82) is 0 Å². The van der Waals surface area contributed by atoms with E-state index in [2.05, 4.69) is 5.32 Å². The highest BCUT2D eigenvalue weighted by Gasteiger charge is 2.52. The first-order valence-electron chi connectivity index (χ1n) is 11.6. The van der Waals surface area contributed by atoms with Gasteiger partial charge < -0.3 is 19.4 Å². The molecule has 1 saturated heterocycles. The summed E-state index contributed by atoms with van der Waals surface area (Å²) in [6.45, 7) is 15.5. The van der Waals surface area contributed by atoms with Gasteiger partial charge in [0.1, 0.15) is 10.6 Å². The van der Waals surface area contributed by atoms with Crippen LogP contribution < -0.4 is 15.5 Å². The number of carbonyl (C=O) groups excluding carboxylic acids is 1.